The van der Waals surface area contributed by atoms with E-state index in [1.165, 1.54) is 0 Å². The van der Waals surface area contributed by atoms with Crippen LogP contribution in [0.3, 0.4) is 0 Å². The van der Waals surface area contributed by atoms with E-state index in [-0.39, 0.29) is 26.0 Å². The first-order valence-corrected chi connectivity index (χ1v) is 5.67. The monoisotopic (exact) mass is 239 g/mol. The summed E-state index contributed by atoms with van der Waals surface area (Å²) in [6, 6.07) is 5.59. The molecule has 1 aliphatic heterocycles. The van der Waals surface area contributed by atoms with E-state index >= 15 is 0 Å². The van der Waals surface area contributed by atoms with Crippen molar-refractivity contribution in [2.24, 2.45) is 0 Å². The predicted molar refractivity (Wildman–Crippen MR) is 62.2 cm³/mol. The lowest BCUT2D eigenvalue weighted by Gasteiger charge is -2.13. The smallest absolute Gasteiger partial charge is 0.231 e. The van der Waals surface area contributed by atoms with Gasteiger partial charge in [-0.15, -0.1) is 0 Å². The third kappa shape index (κ3) is 3.09. The number of aliphatic hydroxyl groups excluding tert-OH is 2. The van der Waals surface area contributed by atoms with Gasteiger partial charge >= 0.3 is 0 Å². The van der Waals surface area contributed by atoms with E-state index in [2.05, 4.69) is 5.32 Å². The summed E-state index contributed by atoms with van der Waals surface area (Å²) < 4.78 is 10.5. The Morgan fingerprint density at radius 1 is 1.18 bits per heavy atom. The standard InChI is InChI=1S/C12H17NO4/c14-6-10(7-15)13-4-3-9-1-2-11-12(5-9)17-8-16-11/h1-2,5,10,13-15H,3-4,6-8H2. The molecule has 0 unspecified atom stereocenters. The number of aliphatic hydroxyl groups is 2. The number of rotatable bonds is 6. The maximum absolute atomic E-state index is 8.89. The largest absolute Gasteiger partial charge is 0.454 e. The Balaban J connectivity index is 1.83. The second-order valence-electron chi connectivity index (χ2n) is 3.95. The summed E-state index contributed by atoms with van der Waals surface area (Å²) in [5.41, 5.74) is 1.14. The van der Waals surface area contributed by atoms with Gasteiger partial charge in [0.2, 0.25) is 6.79 Å². The van der Waals surface area contributed by atoms with Gasteiger partial charge in [0.05, 0.1) is 19.3 Å². The lowest BCUT2D eigenvalue weighted by Crippen LogP contribution is -2.36. The molecule has 0 fully saturated rings. The molecule has 3 N–H and O–H groups in total. The van der Waals surface area contributed by atoms with Crippen LogP contribution in [-0.4, -0.2) is 42.8 Å². The molecule has 1 aliphatic rings. The van der Waals surface area contributed by atoms with Crippen LogP contribution in [0.2, 0.25) is 0 Å². The molecule has 1 heterocycles. The quantitative estimate of drug-likeness (QED) is 0.646. The maximum Gasteiger partial charge on any atom is 0.231 e. The van der Waals surface area contributed by atoms with Crippen LogP contribution >= 0.6 is 0 Å². The minimum absolute atomic E-state index is 0.0579. The Hall–Kier alpha value is -1.30. The lowest BCUT2D eigenvalue weighted by atomic mass is 10.1. The number of hydrogen-bond donors (Lipinski definition) is 3. The second-order valence-corrected chi connectivity index (χ2v) is 3.95. The summed E-state index contributed by atoms with van der Waals surface area (Å²) in [7, 11) is 0. The fourth-order valence-corrected chi connectivity index (χ4v) is 1.70. The van der Waals surface area contributed by atoms with Crippen molar-refractivity contribution < 1.29 is 19.7 Å². The van der Waals surface area contributed by atoms with Crippen LogP contribution in [0.4, 0.5) is 0 Å². The molecule has 0 amide bonds. The fourth-order valence-electron chi connectivity index (χ4n) is 1.70. The molecule has 17 heavy (non-hydrogen) atoms. The first-order valence-electron chi connectivity index (χ1n) is 5.67. The summed E-state index contributed by atoms with van der Waals surface area (Å²) in [6.45, 7) is 0.870. The molecule has 94 valence electrons. The van der Waals surface area contributed by atoms with Crippen molar-refractivity contribution in [3.8, 4) is 11.5 Å². The Morgan fingerprint density at radius 2 is 1.94 bits per heavy atom. The van der Waals surface area contributed by atoms with Gasteiger partial charge in [-0.2, -0.15) is 0 Å². The molecule has 0 aromatic heterocycles. The third-order valence-corrected chi connectivity index (χ3v) is 2.72. The maximum atomic E-state index is 8.89. The minimum Gasteiger partial charge on any atom is -0.454 e. The first kappa shape index (κ1) is 12.2. The molecule has 0 radical (unpaired) electrons. The van der Waals surface area contributed by atoms with Crippen LogP contribution in [0, 0.1) is 0 Å². The first-order chi connectivity index (χ1) is 8.33. The average Bonchev–Trinajstić information content (AvgIpc) is 2.82. The highest BCUT2D eigenvalue weighted by atomic mass is 16.7. The topological polar surface area (TPSA) is 71.0 Å². The van der Waals surface area contributed by atoms with Crippen molar-refractivity contribution >= 4 is 0 Å². The molecule has 0 spiro atoms. The fraction of sp³-hybridized carbons (Fsp3) is 0.500. The van der Waals surface area contributed by atoms with Gasteiger partial charge in [0, 0.05) is 0 Å². The van der Waals surface area contributed by atoms with E-state index in [1.54, 1.807) is 0 Å². The van der Waals surface area contributed by atoms with Crippen molar-refractivity contribution in [2.45, 2.75) is 12.5 Å². The van der Waals surface area contributed by atoms with Crippen LogP contribution in [0.5, 0.6) is 11.5 Å². The van der Waals surface area contributed by atoms with E-state index in [4.69, 9.17) is 19.7 Å². The predicted octanol–water partition coefficient (Wildman–Crippen LogP) is -0.0994. The Morgan fingerprint density at radius 3 is 2.71 bits per heavy atom. The molecule has 2 rings (SSSR count). The number of fused-ring (bicyclic) bond motifs is 1. The van der Waals surface area contributed by atoms with Crippen molar-refractivity contribution in [2.75, 3.05) is 26.6 Å². The van der Waals surface area contributed by atoms with Gasteiger partial charge in [-0.3, -0.25) is 0 Å². The van der Waals surface area contributed by atoms with E-state index in [9.17, 15) is 0 Å². The Bertz CT molecular complexity index is 366. The normalized spacial score (nSPS) is 13.4. The van der Waals surface area contributed by atoms with Gasteiger partial charge in [0.1, 0.15) is 0 Å². The lowest BCUT2D eigenvalue weighted by molar-refractivity contribution is 0.171. The third-order valence-electron chi connectivity index (χ3n) is 2.72. The van der Waals surface area contributed by atoms with Crippen LogP contribution < -0.4 is 14.8 Å². The second kappa shape index (κ2) is 5.86. The van der Waals surface area contributed by atoms with E-state index in [0.717, 1.165) is 23.5 Å². The van der Waals surface area contributed by atoms with Crippen LogP contribution in [0.15, 0.2) is 18.2 Å². The zero-order valence-corrected chi connectivity index (χ0v) is 9.56. The summed E-state index contributed by atoms with van der Waals surface area (Å²) in [6.07, 6.45) is 0.813. The van der Waals surface area contributed by atoms with E-state index < -0.39 is 0 Å². The van der Waals surface area contributed by atoms with Gasteiger partial charge in [0.15, 0.2) is 11.5 Å². The molecule has 0 saturated heterocycles. The molecule has 0 saturated carbocycles. The minimum atomic E-state index is -0.246. The van der Waals surface area contributed by atoms with Crippen molar-refractivity contribution in [3.05, 3.63) is 23.8 Å². The van der Waals surface area contributed by atoms with Crippen LogP contribution in [0.1, 0.15) is 5.56 Å². The number of benzene rings is 1. The van der Waals surface area contributed by atoms with E-state index in [0.29, 0.717) is 6.54 Å². The van der Waals surface area contributed by atoms with Crippen LogP contribution in [-0.2, 0) is 6.42 Å². The van der Waals surface area contributed by atoms with Crippen molar-refractivity contribution in [1.29, 1.82) is 0 Å². The molecular formula is C12H17NO4. The molecule has 1 aromatic carbocycles. The van der Waals surface area contributed by atoms with Crippen molar-refractivity contribution in [3.63, 3.8) is 0 Å². The number of hydrogen-bond acceptors (Lipinski definition) is 5. The molecule has 1 aromatic rings. The zero-order valence-electron chi connectivity index (χ0n) is 9.56. The number of nitrogens with one attached hydrogen (secondary N) is 1. The zero-order chi connectivity index (χ0) is 12.1. The van der Waals surface area contributed by atoms with Gasteiger partial charge < -0.3 is 25.0 Å². The average molecular weight is 239 g/mol. The van der Waals surface area contributed by atoms with E-state index in [1.807, 2.05) is 18.2 Å². The molecule has 0 aliphatic carbocycles. The van der Waals surface area contributed by atoms with Gasteiger partial charge in [0.25, 0.3) is 0 Å². The van der Waals surface area contributed by atoms with Crippen molar-refractivity contribution in [1.82, 2.24) is 5.32 Å². The SMILES string of the molecule is OCC(CO)NCCc1ccc2c(c1)OCO2. The summed E-state index contributed by atoms with van der Waals surface area (Å²) in [4.78, 5) is 0. The highest BCUT2D eigenvalue weighted by Gasteiger charge is 2.13. The molecule has 0 bridgehead atoms. The molecule has 5 nitrogen and oxygen atoms in total. The molecular weight excluding hydrogens is 222 g/mol. The highest BCUT2D eigenvalue weighted by molar-refractivity contribution is 5.44. The summed E-state index contributed by atoms with van der Waals surface area (Å²) in [5, 5.41) is 20.8. The Labute approximate surface area is 100.0 Å². The summed E-state index contributed by atoms with van der Waals surface area (Å²) >= 11 is 0. The number of ether oxygens (including phenoxy) is 2. The summed E-state index contributed by atoms with van der Waals surface area (Å²) in [5.74, 6) is 1.56. The van der Waals surface area contributed by atoms with Crippen LogP contribution in [0.25, 0.3) is 0 Å². The molecule has 0 atom stereocenters. The highest BCUT2D eigenvalue weighted by Crippen LogP contribution is 2.32. The van der Waals surface area contributed by atoms with Gasteiger partial charge in [-0.1, -0.05) is 6.07 Å². The Kier molecular flexibility index (Phi) is 4.19. The van der Waals surface area contributed by atoms with Gasteiger partial charge in [-0.25, -0.2) is 0 Å². The molecule has 5 heteroatoms. The van der Waals surface area contributed by atoms with Gasteiger partial charge in [-0.05, 0) is 30.7 Å².